The standard InChI is InChI=1S/C16H24O5S/c1-3-7-14(20-12-19-11-10-18-2)15-16(21-15)22(17)13-8-5-4-6-9-13/h4-6,8-9,14-16H,3,7,10-12H2,1-2H3/t14-,15+,16+,22-/m0/s1. The molecule has 0 saturated carbocycles. The summed E-state index contributed by atoms with van der Waals surface area (Å²) in [6.45, 7) is 3.34. The molecule has 124 valence electrons. The van der Waals surface area contributed by atoms with Crippen molar-refractivity contribution in [3.8, 4) is 0 Å². The average Bonchev–Trinajstić information content (AvgIpc) is 3.34. The van der Waals surface area contributed by atoms with Crippen LogP contribution in [0.25, 0.3) is 0 Å². The first-order valence-corrected chi connectivity index (χ1v) is 8.78. The molecule has 5 nitrogen and oxygen atoms in total. The Kier molecular flexibility index (Phi) is 7.48. The number of epoxide rings is 1. The van der Waals surface area contributed by atoms with E-state index in [-0.39, 0.29) is 24.4 Å². The summed E-state index contributed by atoms with van der Waals surface area (Å²) in [5, 5.41) is 0. The largest absolute Gasteiger partial charge is 0.382 e. The molecule has 0 aliphatic carbocycles. The van der Waals surface area contributed by atoms with Crippen LogP contribution in [0.4, 0.5) is 0 Å². The maximum atomic E-state index is 12.4. The van der Waals surface area contributed by atoms with E-state index in [9.17, 15) is 4.21 Å². The van der Waals surface area contributed by atoms with Gasteiger partial charge in [0, 0.05) is 12.0 Å². The maximum absolute atomic E-state index is 12.4. The van der Waals surface area contributed by atoms with Gasteiger partial charge < -0.3 is 18.9 Å². The van der Waals surface area contributed by atoms with E-state index in [2.05, 4.69) is 6.92 Å². The Hall–Kier alpha value is -0.790. The molecular weight excluding hydrogens is 304 g/mol. The van der Waals surface area contributed by atoms with Crippen molar-refractivity contribution < 1.29 is 23.2 Å². The molecule has 22 heavy (non-hydrogen) atoms. The highest BCUT2D eigenvalue weighted by Crippen LogP contribution is 2.34. The second-order valence-electron chi connectivity index (χ2n) is 5.09. The zero-order valence-electron chi connectivity index (χ0n) is 13.1. The van der Waals surface area contributed by atoms with Gasteiger partial charge in [-0.3, -0.25) is 4.21 Å². The van der Waals surface area contributed by atoms with Crippen LogP contribution in [0.5, 0.6) is 0 Å². The predicted octanol–water partition coefficient (Wildman–Crippen LogP) is 2.32. The number of hydrogen-bond donors (Lipinski definition) is 0. The van der Waals surface area contributed by atoms with Crippen LogP contribution in [-0.2, 0) is 29.7 Å². The summed E-state index contributed by atoms with van der Waals surface area (Å²) in [5.74, 6) is 0. The average molecular weight is 328 g/mol. The third-order valence-electron chi connectivity index (χ3n) is 3.41. The highest BCUT2D eigenvalue weighted by Gasteiger charge is 2.49. The first-order chi connectivity index (χ1) is 10.8. The van der Waals surface area contributed by atoms with E-state index in [1.807, 2.05) is 30.3 Å². The van der Waals surface area contributed by atoms with Crippen LogP contribution in [-0.4, -0.2) is 49.0 Å². The Balaban J connectivity index is 1.80. The van der Waals surface area contributed by atoms with E-state index in [4.69, 9.17) is 18.9 Å². The lowest BCUT2D eigenvalue weighted by atomic mass is 10.1. The highest BCUT2D eigenvalue weighted by molar-refractivity contribution is 7.85. The van der Waals surface area contributed by atoms with E-state index in [0.29, 0.717) is 13.2 Å². The minimum absolute atomic E-state index is 0.0785. The first-order valence-electron chi connectivity index (χ1n) is 7.57. The van der Waals surface area contributed by atoms with Crippen molar-refractivity contribution in [2.24, 2.45) is 0 Å². The Morgan fingerprint density at radius 1 is 1.27 bits per heavy atom. The molecule has 0 bridgehead atoms. The molecule has 2 rings (SSSR count). The quantitative estimate of drug-likeness (QED) is 0.354. The molecule has 0 aromatic heterocycles. The maximum Gasteiger partial charge on any atom is 0.166 e. The van der Waals surface area contributed by atoms with Gasteiger partial charge in [0.15, 0.2) is 5.44 Å². The van der Waals surface area contributed by atoms with Crippen molar-refractivity contribution in [2.45, 2.75) is 42.3 Å². The molecule has 6 heteroatoms. The first kappa shape index (κ1) is 17.6. The van der Waals surface area contributed by atoms with Crippen molar-refractivity contribution in [3.63, 3.8) is 0 Å². The summed E-state index contributed by atoms with van der Waals surface area (Å²) in [6, 6.07) is 9.39. The summed E-state index contributed by atoms with van der Waals surface area (Å²) < 4.78 is 34.0. The topological polar surface area (TPSA) is 57.3 Å². The summed E-state index contributed by atoms with van der Waals surface area (Å²) in [6.07, 6.45) is 1.64. The van der Waals surface area contributed by atoms with Crippen LogP contribution in [0.1, 0.15) is 19.8 Å². The van der Waals surface area contributed by atoms with Crippen LogP contribution in [0.2, 0.25) is 0 Å². The van der Waals surface area contributed by atoms with Crippen molar-refractivity contribution in [3.05, 3.63) is 30.3 Å². The van der Waals surface area contributed by atoms with Gasteiger partial charge in [-0.25, -0.2) is 0 Å². The third-order valence-corrected chi connectivity index (χ3v) is 4.94. The van der Waals surface area contributed by atoms with E-state index < -0.39 is 10.8 Å². The molecule has 1 aromatic rings. The molecule has 0 unspecified atom stereocenters. The SMILES string of the molecule is CCC[C@H](OCOCCOC)[C@H]1O[C@@H]1[S@@](=O)c1ccccc1. The molecule has 1 aliphatic rings. The van der Waals surface area contributed by atoms with Crippen molar-refractivity contribution in [1.82, 2.24) is 0 Å². The van der Waals surface area contributed by atoms with Crippen LogP contribution in [0, 0.1) is 0 Å². The fourth-order valence-corrected chi connectivity index (χ4v) is 3.54. The van der Waals surface area contributed by atoms with Crippen LogP contribution in [0.3, 0.4) is 0 Å². The number of benzene rings is 1. The monoisotopic (exact) mass is 328 g/mol. The Morgan fingerprint density at radius 2 is 2.05 bits per heavy atom. The molecule has 0 N–H and O–H groups in total. The lowest BCUT2D eigenvalue weighted by Gasteiger charge is -2.15. The normalized spacial score (nSPS) is 23.2. The minimum Gasteiger partial charge on any atom is -0.382 e. The lowest BCUT2D eigenvalue weighted by Crippen LogP contribution is -2.24. The Bertz CT molecular complexity index is 453. The summed E-state index contributed by atoms with van der Waals surface area (Å²) in [5.41, 5.74) is -0.280. The van der Waals surface area contributed by atoms with E-state index in [1.54, 1.807) is 7.11 Å². The molecule has 0 spiro atoms. The van der Waals surface area contributed by atoms with Crippen molar-refractivity contribution in [2.75, 3.05) is 27.1 Å². The van der Waals surface area contributed by atoms with Gasteiger partial charge in [0.2, 0.25) is 0 Å². The smallest absolute Gasteiger partial charge is 0.166 e. The summed E-state index contributed by atoms with van der Waals surface area (Å²) in [7, 11) is 0.479. The molecule has 1 heterocycles. The van der Waals surface area contributed by atoms with Gasteiger partial charge in [-0.05, 0) is 18.6 Å². The second kappa shape index (κ2) is 9.37. The molecule has 1 saturated heterocycles. The van der Waals surface area contributed by atoms with Gasteiger partial charge in [-0.2, -0.15) is 0 Å². The molecular formula is C16H24O5S. The summed E-state index contributed by atoms with van der Waals surface area (Å²) >= 11 is 0. The van der Waals surface area contributed by atoms with Gasteiger partial charge in [-0.15, -0.1) is 0 Å². The Morgan fingerprint density at radius 3 is 2.73 bits per heavy atom. The molecule has 1 fully saturated rings. The van der Waals surface area contributed by atoms with Crippen LogP contribution in [0.15, 0.2) is 35.2 Å². The highest BCUT2D eigenvalue weighted by atomic mass is 32.2. The molecule has 4 atom stereocenters. The fourth-order valence-electron chi connectivity index (χ4n) is 2.20. The third kappa shape index (κ3) is 5.14. The second-order valence-corrected chi connectivity index (χ2v) is 6.62. The minimum atomic E-state index is -1.15. The van der Waals surface area contributed by atoms with E-state index in [0.717, 1.165) is 17.7 Å². The van der Waals surface area contributed by atoms with Gasteiger partial charge in [-0.1, -0.05) is 31.5 Å². The summed E-state index contributed by atoms with van der Waals surface area (Å²) in [4.78, 5) is 0.793. The zero-order valence-corrected chi connectivity index (χ0v) is 13.9. The Labute approximate surface area is 134 Å². The molecule has 1 aromatic carbocycles. The predicted molar refractivity (Wildman–Crippen MR) is 84.0 cm³/mol. The van der Waals surface area contributed by atoms with Crippen molar-refractivity contribution >= 4 is 10.8 Å². The zero-order chi connectivity index (χ0) is 15.8. The van der Waals surface area contributed by atoms with E-state index in [1.165, 1.54) is 0 Å². The molecule has 0 radical (unpaired) electrons. The number of rotatable bonds is 11. The molecule has 0 amide bonds. The van der Waals surface area contributed by atoms with Gasteiger partial charge in [0.05, 0.1) is 30.1 Å². The van der Waals surface area contributed by atoms with Gasteiger partial charge in [0.25, 0.3) is 0 Å². The van der Waals surface area contributed by atoms with Crippen molar-refractivity contribution in [1.29, 1.82) is 0 Å². The lowest BCUT2D eigenvalue weighted by molar-refractivity contribution is -0.105. The molecule has 1 aliphatic heterocycles. The van der Waals surface area contributed by atoms with Crippen LogP contribution < -0.4 is 0 Å². The number of ether oxygens (including phenoxy) is 4. The number of methoxy groups -OCH3 is 1. The van der Waals surface area contributed by atoms with Gasteiger partial charge in [0.1, 0.15) is 12.9 Å². The number of hydrogen-bond acceptors (Lipinski definition) is 5. The van der Waals surface area contributed by atoms with E-state index >= 15 is 0 Å². The fraction of sp³-hybridized carbons (Fsp3) is 0.625. The van der Waals surface area contributed by atoms with Crippen LogP contribution >= 0.6 is 0 Å². The van der Waals surface area contributed by atoms with Gasteiger partial charge >= 0.3 is 0 Å².